The summed E-state index contributed by atoms with van der Waals surface area (Å²) in [6, 6.07) is 16.0. The third-order valence-electron chi connectivity index (χ3n) is 14.4. The Morgan fingerprint density at radius 3 is 1.90 bits per heavy atom. The molecule has 1 aliphatic carbocycles. The number of rotatable bonds is 24. The topological polar surface area (TPSA) is 373 Å². The number of hydrogen-bond donors (Lipinski definition) is 13. The largest absolute Gasteiger partial charge is 0.478 e. The molecular weight excluding hydrogens is 1040 g/mol. The number of hydrogen-bond acceptors (Lipinski definition) is 21. The zero-order valence-electron chi connectivity index (χ0n) is 44.4. The number of fused-ring (bicyclic) bond motifs is 2. The molecule has 2 aromatic rings. The highest BCUT2D eigenvalue weighted by Gasteiger charge is 2.54. The molecule has 0 bridgehead atoms. The first-order chi connectivity index (χ1) is 37.8. The number of carbonyl (C=O) groups is 3. The van der Waals surface area contributed by atoms with Crippen LogP contribution in [0.2, 0.25) is 0 Å². The minimum Gasteiger partial charge on any atom is -0.478 e. The van der Waals surface area contributed by atoms with Gasteiger partial charge in [0, 0.05) is 80.1 Å². The summed E-state index contributed by atoms with van der Waals surface area (Å²) >= 11 is 0. The van der Waals surface area contributed by atoms with Crippen LogP contribution in [0.4, 0.5) is 5.69 Å². The number of unbranched alkanes of at least 4 members (excludes halogenated alkanes) is 5. The normalized spacial score (nSPS) is 29.1. The Morgan fingerprint density at radius 1 is 0.620 bits per heavy atom. The summed E-state index contributed by atoms with van der Waals surface area (Å²) in [7, 11) is 7.67. The highest BCUT2D eigenvalue weighted by atomic mass is 16.8. The van der Waals surface area contributed by atoms with Gasteiger partial charge in [0.2, 0.25) is 11.3 Å². The van der Waals surface area contributed by atoms with Gasteiger partial charge in [-0.3, -0.25) is 9.59 Å². The van der Waals surface area contributed by atoms with E-state index in [1.807, 2.05) is 74.1 Å². The minimum atomic E-state index is -1.94. The lowest BCUT2D eigenvalue weighted by Crippen LogP contribution is -2.66. The molecule has 0 spiro atoms. The van der Waals surface area contributed by atoms with Gasteiger partial charge in [0.15, 0.2) is 18.9 Å². The second-order valence-electron chi connectivity index (χ2n) is 20.4. The SMILES string of the molecule is CN(C)c1ccc2c(-c3ccc(C(=O)NCCNC(=O)CCCCCCCCO[C@@H]4O[C@H](CO)[C@@H](O[C@@H]5O[C@H](CO)[C@H](O)[C@H](O[C@H]6O[C@H](CO)[C@H](O)[C@H](O)[C@H]6O)[C@H]5O)[C@H](O)[C@H]4O)cc3C(=O)O)c3ccc(=[N+](C)C)cc-3oc2c1. The van der Waals surface area contributed by atoms with Gasteiger partial charge in [0.1, 0.15) is 98.7 Å². The molecule has 0 radical (unpaired) electrons. The lowest BCUT2D eigenvalue weighted by Gasteiger charge is -2.48. The zero-order valence-corrected chi connectivity index (χ0v) is 44.4. The van der Waals surface area contributed by atoms with Crippen molar-refractivity contribution in [3.63, 3.8) is 0 Å². The van der Waals surface area contributed by atoms with E-state index in [1.165, 1.54) is 6.07 Å². The van der Waals surface area contributed by atoms with E-state index in [-0.39, 0.29) is 43.2 Å². The summed E-state index contributed by atoms with van der Waals surface area (Å²) < 4.78 is 42.0. The van der Waals surface area contributed by atoms with E-state index in [0.717, 1.165) is 36.7 Å². The van der Waals surface area contributed by atoms with Crippen molar-refractivity contribution in [2.75, 3.05) is 72.6 Å². The monoisotopic (exact) mass is 1120 g/mol. The van der Waals surface area contributed by atoms with Crippen LogP contribution in [0.15, 0.2) is 59.0 Å². The number of aliphatic hydroxyl groups excluding tert-OH is 10. The van der Waals surface area contributed by atoms with Crippen LogP contribution in [0.5, 0.6) is 0 Å². The third kappa shape index (κ3) is 14.4. The maximum atomic E-state index is 13.3. The van der Waals surface area contributed by atoms with Gasteiger partial charge in [-0.05, 0) is 48.7 Å². The van der Waals surface area contributed by atoms with Gasteiger partial charge in [-0.25, -0.2) is 9.37 Å². The van der Waals surface area contributed by atoms with Crippen LogP contribution >= 0.6 is 0 Å². The van der Waals surface area contributed by atoms with Gasteiger partial charge in [-0.2, -0.15) is 0 Å². The first-order valence-corrected chi connectivity index (χ1v) is 26.4. The Balaban J connectivity index is 0.805. The number of benzene rings is 3. The van der Waals surface area contributed by atoms with E-state index in [2.05, 4.69) is 10.6 Å². The fourth-order valence-corrected chi connectivity index (χ4v) is 9.83. The van der Waals surface area contributed by atoms with E-state index in [4.69, 9.17) is 32.8 Å². The van der Waals surface area contributed by atoms with Crippen molar-refractivity contribution in [3.8, 4) is 22.5 Å². The Bertz CT molecular complexity index is 2720. The molecule has 2 aromatic carbocycles. The number of anilines is 1. The van der Waals surface area contributed by atoms with Gasteiger partial charge in [0.05, 0.1) is 31.5 Å². The average Bonchev–Trinajstić information content (AvgIpc) is 3.45. The highest BCUT2D eigenvalue weighted by Crippen LogP contribution is 2.42. The standard InChI is InChI=1S/C54H74N4O21/c1-57(2)28-13-16-31-34(22-28)74-35-23-29(58(3)4)14-17-32(35)40(31)30-15-12-27(21-33(30)51(71)72)50(70)56-19-18-55-39(62)11-9-7-5-6-8-10-20-73-52-46(68)44(66)48(38(26-61)77-52)78-54-47(69)49(42(64)37(25-60)76-54)79-53-45(67)43(65)41(63)36(24-59)75-53/h12-17,21-23,36-38,41-49,52-54,59-61,63-69H,5-11,18-20,24-26H2,1-4H3,(H2-,55,56,62,70,71,72)/p+1/t36-,37-,38-,41+,42+,43+,44-,45-,46-,47-,48-,49+,52-,53-,54+/m1/s1. The number of aliphatic hydroxyl groups is 10. The van der Waals surface area contributed by atoms with Gasteiger partial charge in [-0.15, -0.1) is 0 Å². The molecule has 7 rings (SSSR count). The van der Waals surface area contributed by atoms with Crippen molar-refractivity contribution < 1.29 is 103 Å². The van der Waals surface area contributed by atoms with Crippen molar-refractivity contribution in [1.29, 1.82) is 0 Å². The first-order valence-electron chi connectivity index (χ1n) is 26.4. The lowest BCUT2D eigenvalue weighted by molar-refractivity contribution is -0.380. The molecule has 4 heterocycles. The predicted octanol–water partition coefficient (Wildman–Crippen LogP) is -1.96. The van der Waals surface area contributed by atoms with Crippen molar-refractivity contribution in [1.82, 2.24) is 15.2 Å². The number of nitrogens with zero attached hydrogens (tertiary/aromatic N) is 2. The van der Waals surface area contributed by atoms with Gasteiger partial charge in [-0.1, -0.05) is 31.7 Å². The molecule has 0 saturated carbocycles. The summed E-state index contributed by atoms with van der Waals surface area (Å²) in [5.74, 6) is -1.33. The van der Waals surface area contributed by atoms with Crippen molar-refractivity contribution in [3.05, 3.63) is 71.1 Å². The molecule has 25 nitrogen and oxygen atoms in total. The molecule has 4 aliphatic heterocycles. The summed E-state index contributed by atoms with van der Waals surface area (Å²) in [6.07, 6.45) is -20.7. The second kappa shape index (κ2) is 27.9. The number of carboxylic acid groups (broad SMARTS) is 1. The van der Waals surface area contributed by atoms with Crippen LogP contribution in [-0.4, -0.2) is 234 Å². The lowest BCUT2D eigenvalue weighted by atomic mass is 9.89. The van der Waals surface area contributed by atoms with E-state index in [9.17, 15) is 70.6 Å². The molecule has 436 valence electrons. The van der Waals surface area contributed by atoms with Crippen LogP contribution in [0.1, 0.15) is 65.7 Å². The Hall–Kier alpha value is -5.30. The maximum Gasteiger partial charge on any atom is 0.336 e. The van der Waals surface area contributed by atoms with Crippen LogP contribution < -0.4 is 25.5 Å². The number of carbonyl (C=O) groups excluding carboxylic acids is 2. The molecular formula is C54H75N4O21+. The fourth-order valence-electron chi connectivity index (χ4n) is 9.83. The number of amides is 2. The Morgan fingerprint density at radius 2 is 1.23 bits per heavy atom. The van der Waals surface area contributed by atoms with Gasteiger partial charge in [0.25, 0.3) is 5.91 Å². The fraction of sp³-hybridized carbons (Fsp3) is 0.593. The molecule has 0 unspecified atom stereocenters. The van der Waals surface area contributed by atoms with Gasteiger partial charge < -0.3 is 105 Å². The Labute approximate surface area is 455 Å². The minimum absolute atomic E-state index is 0.0615. The van der Waals surface area contributed by atoms with E-state index in [0.29, 0.717) is 46.3 Å². The first kappa shape index (κ1) is 61.3. The average molecular weight is 1120 g/mol. The summed E-state index contributed by atoms with van der Waals surface area (Å²) in [4.78, 5) is 40.6. The summed E-state index contributed by atoms with van der Waals surface area (Å²) in [6.45, 7) is -2.00. The molecule has 0 aromatic heterocycles. The van der Waals surface area contributed by atoms with E-state index in [1.54, 1.807) is 12.1 Å². The summed E-state index contributed by atoms with van der Waals surface area (Å²) in [5, 5.41) is 122. The highest BCUT2D eigenvalue weighted by molar-refractivity contribution is 6.09. The quantitative estimate of drug-likeness (QED) is 0.0206. The van der Waals surface area contributed by atoms with Crippen LogP contribution in [0.25, 0.3) is 33.4 Å². The van der Waals surface area contributed by atoms with Crippen molar-refractivity contribution in [2.24, 2.45) is 0 Å². The molecule has 3 saturated heterocycles. The molecule has 15 atom stereocenters. The third-order valence-corrected chi connectivity index (χ3v) is 14.4. The number of aromatic carboxylic acids is 1. The number of carboxylic acids is 1. The van der Waals surface area contributed by atoms with E-state index >= 15 is 0 Å². The van der Waals surface area contributed by atoms with Crippen molar-refractivity contribution >= 4 is 34.4 Å². The van der Waals surface area contributed by atoms with Crippen LogP contribution in [-0.2, 0) is 33.2 Å². The summed E-state index contributed by atoms with van der Waals surface area (Å²) in [5.41, 5.74) is 3.34. The molecule has 5 aliphatic rings. The molecule has 2 amide bonds. The number of nitrogens with one attached hydrogen (secondary N) is 2. The smallest absolute Gasteiger partial charge is 0.336 e. The Kier molecular flexibility index (Phi) is 21.7. The van der Waals surface area contributed by atoms with E-state index < -0.39 is 124 Å². The molecule has 79 heavy (non-hydrogen) atoms. The molecule has 3 fully saturated rings. The number of ether oxygens (including phenoxy) is 6. The zero-order chi connectivity index (χ0) is 57.2. The van der Waals surface area contributed by atoms with Gasteiger partial charge >= 0.3 is 5.97 Å². The van der Waals surface area contributed by atoms with Crippen molar-refractivity contribution in [2.45, 2.75) is 137 Å². The maximum absolute atomic E-state index is 13.3. The molecule has 25 heteroatoms. The second-order valence-corrected chi connectivity index (χ2v) is 20.4. The predicted molar refractivity (Wildman–Crippen MR) is 279 cm³/mol. The van der Waals surface area contributed by atoms with Crippen LogP contribution in [0.3, 0.4) is 0 Å². The molecule has 13 N–H and O–H groups in total. The van der Waals surface area contributed by atoms with Crippen LogP contribution in [0, 0.1) is 0 Å².